The van der Waals surface area contributed by atoms with Crippen LogP contribution in [-0.2, 0) is 11.2 Å². The Hall–Kier alpha value is -1.42. The van der Waals surface area contributed by atoms with Crippen LogP contribution in [0.1, 0.15) is 12.5 Å². The lowest BCUT2D eigenvalue weighted by Gasteiger charge is -2.14. The van der Waals surface area contributed by atoms with E-state index in [4.69, 9.17) is 5.11 Å². The number of halogens is 1. The summed E-state index contributed by atoms with van der Waals surface area (Å²) < 4.78 is 13.3. The van der Waals surface area contributed by atoms with Crippen LogP contribution in [0.2, 0.25) is 0 Å². The third-order valence-corrected chi connectivity index (χ3v) is 2.36. The molecular weight excluding hydrogens is 209 g/mol. The first kappa shape index (κ1) is 12.6. The number of benzene rings is 1. The largest absolute Gasteiger partial charge is 0.396 e. The van der Waals surface area contributed by atoms with Gasteiger partial charge < -0.3 is 10.4 Å². The van der Waals surface area contributed by atoms with E-state index in [2.05, 4.69) is 5.32 Å². The molecule has 16 heavy (non-hydrogen) atoms. The highest BCUT2D eigenvalue weighted by Crippen LogP contribution is 2.12. The first-order valence-electron chi connectivity index (χ1n) is 5.22. The van der Waals surface area contributed by atoms with Gasteiger partial charge in [0, 0.05) is 26.0 Å². The summed E-state index contributed by atoms with van der Waals surface area (Å²) in [6.07, 6.45) is 0.420. The zero-order chi connectivity index (χ0) is 12.0. The number of hydrogen-bond donors (Lipinski definition) is 2. The molecule has 1 unspecified atom stereocenters. The Morgan fingerprint density at radius 2 is 2.19 bits per heavy atom. The normalized spacial score (nSPS) is 12.2. The van der Waals surface area contributed by atoms with Crippen LogP contribution in [0.4, 0.5) is 4.39 Å². The molecule has 0 aliphatic rings. The molecule has 1 aromatic rings. The number of hydrogen-bond acceptors (Lipinski definition) is 2. The van der Waals surface area contributed by atoms with Gasteiger partial charge in [-0.1, -0.05) is 18.2 Å². The fraction of sp³-hybridized carbons (Fsp3) is 0.417. The van der Waals surface area contributed by atoms with Gasteiger partial charge in [0.15, 0.2) is 0 Å². The number of carbonyl (C=O) groups excluding carboxylic acids is 1. The van der Waals surface area contributed by atoms with E-state index < -0.39 is 0 Å². The monoisotopic (exact) mass is 225 g/mol. The molecule has 4 heteroatoms. The molecule has 1 aromatic carbocycles. The predicted octanol–water partition coefficient (Wildman–Crippen LogP) is 1.11. The van der Waals surface area contributed by atoms with Crippen molar-refractivity contribution >= 4 is 5.91 Å². The van der Waals surface area contributed by atoms with Crippen molar-refractivity contribution in [3.8, 4) is 0 Å². The number of carbonyl (C=O) groups is 1. The molecule has 1 amide bonds. The maximum atomic E-state index is 13.3. The molecule has 0 bridgehead atoms. The fourth-order valence-electron chi connectivity index (χ4n) is 1.46. The van der Waals surface area contributed by atoms with Gasteiger partial charge in [-0.05, 0) is 18.1 Å². The maximum Gasteiger partial charge on any atom is 0.216 e. The van der Waals surface area contributed by atoms with Gasteiger partial charge in [0.25, 0.3) is 0 Å². The summed E-state index contributed by atoms with van der Waals surface area (Å²) in [5.41, 5.74) is 0.562. The van der Waals surface area contributed by atoms with E-state index in [1.807, 2.05) is 0 Å². The zero-order valence-corrected chi connectivity index (χ0v) is 9.24. The van der Waals surface area contributed by atoms with E-state index in [0.29, 0.717) is 18.5 Å². The third-order valence-electron chi connectivity index (χ3n) is 2.36. The lowest BCUT2D eigenvalue weighted by atomic mass is 9.99. The minimum absolute atomic E-state index is 0.0748. The number of amides is 1. The van der Waals surface area contributed by atoms with Gasteiger partial charge in [-0.25, -0.2) is 4.39 Å². The lowest BCUT2D eigenvalue weighted by molar-refractivity contribution is -0.119. The van der Waals surface area contributed by atoms with Crippen molar-refractivity contribution in [2.75, 3.05) is 13.2 Å². The predicted molar refractivity (Wildman–Crippen MR) is 59.4 cm³/mol. The smallest absolute Gasteiger partial charge is 0.216 e. The van der Waals surface area contributed by atoms with Gasteiger partial charge >= 0.3 is 0 Å². The molecule has 88 valence electrons. The van der Waals surface area contributed by atoms with Crippen molar-refractivity contribution in [1.29, 1.82) is 0 Å². The Bertz CT molecular complexity index is 355. The minimum Gasteiger partial charge on any atom is -0.396 e. The van der Waals surface area contributed by atoms with Crippen LogP contribution in [0.25, 0.3) is 0 Å². The Kier molecular flexibility index (Phi) is 4.92. The van der Waals surface area contributed by atoms with Crippen molar-refractivity contribution in [1.82, 2.24) is 5.32 Å². The standard InChI is InChI=1S/C12H16FNO2/c1-9(16)14-7-10(8-15)6-11-4-2-3-5-12(11)13/h2-5,10,15H,6-8H2,1H3,(H,14,16). The fourth-order valence-corrected chi connectivity index (χ4v) is 1.46. The molecule has 0 aliphatic heterocycles. The van der Waals surface area contributed by atoms with Gasteiger partial charge in [0.1, 0.15) is 5.82 Å². The molecule has 1 rings (SSSR count). The molecule has 0 radical (unpaired) electrons. The SMILES string of the molecule is CC(=O)NCC(CO)Cc1ccccc1F. The Morgan fingerprint density at radius 3 is 2.75 bits per heavy atom. The molecule has 2 N–H and O–H groups in total. The summed E-state index contributed by atoms with van der Waals surface area (Å²) in [4.78, 5) is 10.7. The topological polar surface area (TPSA) is 49.3 Å². The van der Waals surface area contributed by atoms with E-state index in [1.165, 1.54) is 13.0 Å². The molecule has 1 atom stereocenters. The number of rotatable bonds is 5. The molecule has 0 spiro atoms. The van der Waals surface area contributed by atoms with Crippen LogP contribution in [0.3, 0.4) is 0 Å². The minimum atomic E-state index is -0.274. The quantitative estimate of drug-likeness (QED) is 0.788. The molecule has 0 aromatic heterocycles. The van der Waals surface area contributed by atoms with Crippen molar-refractivity contribution in [3.63, 3.8) is 0 Å². The van der Waals surface area contributed by atoms with Gasteiger partial charge in [-0.3, -0.25) is 4.79 Å². The second-order valence-corrected chi connectivity index (χ2v) is 3.78. The highest BCUT2D eigenvalue weighted by Gasteiger charge is 2.11. The number of nitrogens with one attached hydrogen (secondary N) is 1. The summed E-state index contributed by atoms with van der Waals surface area (Å²) in [6, 6.07) is 6.46. The van der Waals surface area contributed by atoms with Crippen molar-refractivity contribution in [3.05, 3.63) is 35.6 Å². The van der Waals surface area contributed by atoms with E-state index in [1.54, 1.807) is 18.2 Å². The Balaban J connectivity index is 2.56. The molecule has 0 aliphatic carbocycles. The molecule has 0 saturated carbocycles. The second kappa shape index (κ2) is 6.23. The maximum absolute atomic E-state index is 13.3. The third kappa shape index (κ3) is 3.98. The first-order valence-corrected chi connectivity index (χ1v) is 5.22. The van der Waals surface area contributed by atoms with Crippen LogP contribution in [0, 0.1) is 11.7 Å². The van der Waals surface area contributed by atoms with E-state index in [-0.39, 0.29) is 24.2 Å². The molecule has 0 heterocycles. The van der Waals surface area contributed by atoms with Gasteiger partial charge in [0.05, 0.1) is 0 Å². The molecule has 3 nitrogen and oxygen atoms in total. The van der Waals surface area contributed by atoms with Gasteiger partial charge in [0.2, 0.25) is 5.91 Å². The van der Waals surface area contributed by atoms with Crippen LogP contribution in [0.15, 0.2) is 24.3 Å². The highest BCUT2D eigenvalue weighted by atomic mass is 19.1. The average molecular weight is 225 g/mol. The summed E-state index contributed by atoms with van der Waals surface area (Å²) in [7, 11) is 0. The molecule has 0 fully saturated rings. The van der Waals surface area contributed by atoms with Crippen molar-refractivity contribution in [2.45, 2.75) is 13.3 Å². The summed E-state index contributed by atoms with van der Waals surface area (Å²) >= 11 is 0. The van der Waals surface area contributed by atoms with E-state index in [0.717, 1.165) is 0 Å². The average Bonchev–Trinajstić information content (AvgIpc) is 2.26. The number of aliphatic hydroxyl groups excluding tert-OH is 1. The highest BCUT2D eigenvalue weighted by molar-refractivity contribution is 5.72. The summed E-state index contributed by atoms with van der Waals surface area (Å²) in [6.45, 7) is 1.70. The van der Waals surface area contributed by atoms with Crippen LogP contribution in [-0.4, -0.2) is 24.2 Å². The first-order chi connectivity index (χ1) is 7.63. The molecule has 0 saturated heterocycles. The van der Waals surface area contributed by atoms with Crippen LogP contribution in [0.5, 0.6) is 0 Å². The van der Waals surface area contributed by atoms with Gasteiger partial charge in [-0.15, -0.1) is 0 Å². The van der Waals surface area contributed by atoms with E-state index >= 15 is 0 Å². The summed E-state index contributed by atoms with van der Waals surface area (Å²) in [5, 5.41) is 11.7. The van der Waals surface area contributed by atoms with Crippen LogP contribution >= 0.6 is 0 Å². The Morgan fingerprint density at radius 1 is 1.50 bits per heavy atom. The van der Waals surface area contributed by atoms with Crippen LogP contribution < -0.4 is 5.32 Å². The lowest BCUT2D eigenvalue weighted by Crippen LogP contribution is -2.30. The zero-order valence-electron chi connectivity index (χ0n) is 9.24. The van der Waals surface area contributed by atoms with E-state index in [9.17, 15) is 9.18 Å². The summed E-state index contributed by atoms with van der Waals surface area (Å²) in [5.74, 6) is -0.573. The number of aliphatic hydroxyl groups is 1. The molecular formula is C12H16FNO2. The van der Waals surface area contributed by atoms with Crippen molar-refractivity contribution in [2.24, 2.45) is 5.92 Å². The second-order valence-electron chi connectivity index (χ2n) is 3.78. The Labute approximate surface area is 94.3 Å². The van der Waals surface area contributed by atoms with Gasteiger partial charge in [-0.2, -0.15) is 0 Å². The van der Waals surface area contributed by atoms with Crippen molar-refractivity contribution < 1.29 is 14.3 Å².